The van der Waals surface area contributed by atoms with E-state index in [2.05, 4.69) is 10.5 Å². The number of aromatic nitrogens is 1. The number of amides is 1. The average Bonchev–Trinajstić information content (AvgIpc) is 2.87. The lowest BCUT2D eigenvalue weighted by Gasteiger charge is -2.14. The van der Waals surface area contributed by atoms with E-state index < -0.39 is 0 Å². The lowest BCUT2D eigenvalue weighted by atomic mass is 10.1. The Kier molecular flexibility index (Phi) is 5.86. The Bertz CT molecular complexity index is 1510. The first-order chi connectivity index (χ1) is 16.7. The fourth-order valence-corrected chi connectivity index (χ4v) is 3.89. The third kappa shape index (κ3) is 4.42. The minimum atomic E-state index is -0.299. The van der Waals surface area contributed by atoms with E-state index in [4.69, 9.17) is 4.74 Å². The van der Waals surface area contributed by atoms with Gasteiger partial charge in [0.15, 0.2) is 5.43 Å². The number of benzene rings is 4. The molecule has 1 amide bonds. The number of carbonyl (C=O) groups excluding carboxylic acids is 1. The third-order valence-corrected chi connectivity index (χ3v) is 5.42. The van der Waals surface area contributed by atoms with E-state index >= 15 is 0 Å². The first-order valence-electron chi connectivity index (χ1n) is 10.8. The maximum absolute atomic E-state index is 12.9. The predicted molar refractivity (Wildman–Crippen MR) is 134 cm³/mol. The zero-order valence-corrected chi connectivity index (χ0v) is 18.2. The summed E-state index contributed by atoms with van der Waals surface area (Å²) < 4.78 is 7.68. The molecule has 0 saturated heterocycles. The van der Waals surface area contributed by atoms with Crippen molar-refractivity contribution >= 4 is 33.9 Å². The Labute approximate surface area is 195 Å². The van der Waals surface area contributed by atoms with Crippen LogP contribution in [0.2, 0.25) is 0 Å². The second-order valence-electron chi connectivity index (χ2n) is 7.73. The highest BCUT2D eigenvalue weighted by molar-refractivity contribution is 5.95. The number of para-hydroxylation sites is 3. The summed E-state index contributed by atoms with van der Waals surface area (Å²) in [5, 5.41) is 5.26. The lowest BCUT2D eigenvalue weighted by molar-refractivity contribution is -0.121. The molecule has 5 rings (SSSR count). The maximum Gasteiger partial charge on any atom is 0.260 e. The van der Waals surface area contributed by atoms with Crippen molar-refractivity contribution in [3.8, 4) is 11.5 Å². The van der Waals surface area contributed by atoms with Crippen LogP contribution in [0.3, 0.4) is 0 Å². The standard InChI is InChI=1S/C28H21N3O3/c32-27(30-29-18-20-9-8-12-22(17-20)34-21-10-2-1-3-11-21)19-31-25-15-6-4-13-23(25)28(33)24-14-5-7-16-26(24)31/h1-18H,19H2,(H,30,32)/b29-18-. The van der Waals surface area contributed by atoms with Crippen molar-refractivity contribution in [3.63, 3.8) is 0 Å². The molecule has 0 unspecified atom stereocenters. The zero-order valence-electron chi connectivity index (χ0n) is 18.2. The molecule has 4 aromatic carbocycles. The summed E-state index contributed by atoms with van der Waals surface area (Å²) in [7, 11) is 0. The molecule has 0 bridgehead atoms. The van der Waals surface area contributed by atoms with Crippen molar-refractivity contribution in [1.82, 2.24) is 9.99 Å². The van der Waals surface area contributed by atoms with Gasteiger partial charge in [-0.1, -0.05) is 54.6 Å². The van der Waals surface area contributed by atoms with Gasteiger partial charge in [-0.25, -0.2) is 5.43 Å². The minimum absolute atomic E-state index is 0.0236. The van der Waals surface area contributed by atoms with Gasteiger partial charge in [0, 0.05) is 10.8 Å². The maximum atomic E-state index is 12.9. The van der Waals surface area contributed by atoms with Gasteiger partial charge in [0.1, 0.15) is 18.0 Å². The SMILES string of the molecule is O=C(Cn1c2ccccc2c(=O)c2ccccc21)N/N=C\c1cccc(Oc2ccccc2)c1. The summed E-state index contributed by atoms with van der Waals surface area (Å²) in [6.07, 6.45) is 1.57. The summed E-state index contributed by atoms with van der Waals surface area (Å²) in [6, 6.07) is 31.5. The van der Waals surface area contributed by atoms with E-state index in [-0.39, 0.29) is 17.9 Å². The number of fused-ring (bicyclic) bond motifs is 2. The highest BCUT2D eigenvalue weighted by atomic mass is 16.5. The number of rotatable bonds is 6. The molecule has 0 radical (unpaired) electrons. The molecule has 6 nitrogen and oxygen atoms in total. The van der Waals surface area contributed by atoms with E-state index in [1.165, 1.54) is 0 Å². The number of nitrogens with zero attached hydrogens (tertiary/aromatic N) is 2. The molecule has 5 aromatic rings. The van der Waals surface area contributed by atoms with Gasteiger partial charge in [-0.3, -0.25) is 9.59 Å². The summed E-state index contributed by atoms with van der Waals surface area (Å²) in [5.41, 5.74) is 4.74. The molecule has 166 valence electrons. The third-order valence-electron chi connectivity index (χ3n) is 5.42. The monoisotopic (exact) mass is 447 g/mol. The Morgan fingerprint density at radius 3 is 2.12 bits per heavy atom. The first kappa shape index (κ1) is 21.2. The highest BCUT2D eigenvalue weighted by Crippen LogP contribution is 2.21. The van der Waals surface area contributed by atoms with Crippen LogP contribution in [-0.2, 0) is 11.3 Å². The number of nitrogens with one attached hydrogen (secondary N) is 1. The van der Waals surface area contributed by atoms with Crippen LogP contribution in [0.25, 0.3) is 21.8 Å². The van der Waals surface area contributed by atoms with Gasteiger partial charge < -0.3 is 9.30 Å². The van der Waals surface area contributed by atoms with Crippen molar-refractivity contribution < 1.29 is 9.53 Å². The van der Waals surface area contributed by atoms with E-state index in [9.17, 15) is 9.59 Å². The van der Waals surface area contributed by atoms with E-state index in [1.54, 1.807) is 18.3 Å². The van der Waals surface area contributed by atoms with Gasteiger partial charge >= 0.3 is 0 Å². The van der Waals surface area contributed by atoms with Gasteiger partial charge in [-0.05, 0) is 54.1 Å². The molecule has 0 aliphatic rings. The first-order valence-corrected chi connectivity index (χ1v) is 10.8. The topological polar surface area (TPSA) is 72.7 Å². The molecule has 1 heterocycles. The van der Waals surface area contributed by atoms with Crippen LogP contribution < -0.4 is 15.6 Å². The van der Waals surface area contributed by atoms with Crippen LogP contribution in [0.4, 0.5) is 0 Å². The molecule has 1 N–H and O–H groups in total. The van der Waals surface area contributed by atoms with Crippen molar-refractivity contribution in [2.75, 3.05) is 0 Å². The molecule has 0 aliphatic heterocycles. The Hall–Kier alpha value is -4.71. The molecular formula is C28H21N3O3. The van der Waals surface area contributed by atoms with Crippen LogP contribution >= 0.6 is 0 Å². The van der Waals surface area contributed by atoms with Crippen LogP contribution in [0.5, 0.6) is 11.5 Å². The molecule has 0 spiro atoms. The van der Waals surface area contributed by atoms with Gasteiger partial charge in [-0.2, -0.15) is 5.10 Å². The summed E-state index contributed by atoms with van der Waals surface area (Å²) in [5.74, 6) is 1.12. The van der Waals surface area contributed by atoms with Crippen LogP contribution in [0.1, 0.15) is 5.56 Å². The van der Waals surface area contributed by atoms with E-state index in [0.29, 0.717) is 27.6 Å². The number of ether oxygens (including phenoxy) is 1. The molecule has 0 fully saturated rings. The quantitative estimate of drug-likeness (QED) is 0.224. The molecule has 34 heavy (non-hydrogen) atoms. The number of hydrogen-bond acceptors (Lipinski definition) is 4. The Morgan fingerprint density at radius 1 is 0.794 bits per heavy atom. The van der Waals surface area contributed by atoms with Crippen LogP contribution in [-0.4, -0.2) is 16.7 Å². The minimum Gasteiger partial charge on any atom is -0.457 e. The number of hydrazone groups is 1. The lowest BCUT2D eigenvalue weighted by Crippen LogP contribution is -2.25. The largest absolute Gasteiger partial charge is 0.457 e. The molecular weight excluding hydrogens is 426 g/mol. The summed E-state index contributed by atoms with van der Waals surface area (Å²) in [4.78, 5) is 25.6. The normalized spacial score (nSPS) is 11.2. The van der Waals surface area contributed by atoms with E-state index in [0.717, 1.165) is 11.3 Å². The van der Waals surface area contributed by atoms with Gasteiger partial charge in [-0.15, -0.1) is 0 Å². The second kappa shape index (κ2) is 9.42. The zero-order chi connectivity index (χ0) is 23.3. The highest BCUT2D eigenvalue weighted by Gasteiger charge is 2.12. The van der Waals surface area contributed by atoms with Crippen LogP contribution in [0.15, 0.2) is 113 Å². The van der Waals surface area contributed by atoms with Gasteiger partial charge in [0.2, 0.25) is 0 Å². The Balaban J connectivity index is 1.34. The molecule has 0 aliphatic carbocycles. The summed E-state index contributed by atoms with van der Waals surface area (Å²) >= 11 is 0. The van der Waals surface area contributed by atoms with Gasteiger partial charge in [0.05, 0.1) is 17.2 Å². The van der Waals surface area contributed by atoms with Crippen molar-refractivity contribution in [2.45, 2.75) is 6.54 Å². The summed E-state index contributed by atoms with van der Waals surface area (Å²) in [6.45, 7) is 0.0236. The average molecular weight is 447 g/mol. The molecule has 0 atom stereocenters. The van der Waals surface area contributed by atoms with Crippen molar-refractivity contribution in [3.05, 3.63) is 119 Å². The Morgan fingerprint density at radius 2 is 1.41 bits per heavy atom. The molecule has 0 saturated carbocycles. The predicted octanol–water partition coefficient (Wildman–Crippen LogP) is 5.10. The van der Waals surface area contributed by atoms with Crippen molar-refractivity contribution in [1.29, 1.82) is 0 Å². The van der Waals surface area contributed by atoms with Gasteiger partial charge in [0.25, 0.3) is 5.91 Å². The second-order valence-corrected chi connectivity index (χ2v) is 7.73. The number of carbonyl (C=O) groups is 1. The van der Waals surface area contributed by atoms with E-state index in [1.807, 2.05) is 95.6 Å². The fraction of sp³-hybridized carbons (Fsp3) is 0.0357. The number of pyridine rings is 1. The van der Waals surface area contributed by atoms with Crippen molar-refractivity contribution in [2.24, 2.45) is 5.10 Å². The smallest absolute Gasteiger partial charge is 0.260 e. The molecule has 6 heteroatoms. The fourth-order valence-electron chi connectivity index (χ4n) is 3.89. The number of hydrogen-bond donors (Lipinski definition) is 1. The van der Waals surface area contributed by atoms with Crippen LogP contribution in [0, 0.1) is 0 Å². The molecule has 1 aromatic heterocycles.